The Bertz CT molecular complexity index is 385. The average Bonchev–Trinajstić information content (AvgIpc) is 2.75. The quantitative estimate of drug-likeness (QED) is 0.843. The molecule has 5 nitrogen and oxygen atoms in total. The largest absolute Gasteiger partial charge is 0.396 e. The van der Waals surface area contributed by atoms with Crippen molar-refractivity contribution in [2.45, 2.75) is 19.1 Å². The summed E-state index contributed by atoms with van der Waals surface area (Å²) in [6.07, 6.45) is 1.92. The van der Waals surface area contributed by atoms with Crippen LogP contribution in [0.2, 0.25) is 0 Å². The number of nitrogen functional groups attached to an aromatic ring is 1. The van der Waals surface area contributed by atoms with Gasteiger partial charge in [-0.25, -0.2) is 4.98 Å². The molecule has 2 atom stereocenters. The third-order valence-corrected chi connectivity index (χ3v) is 3.31. The van der Waals surface area contributed by atoms with Crippen LogP contribution in [-0.4, -0.2) is 44.5 Å². The van der Waals surface area contributed by atoms with Gasteiger partial charge in [0.1, 0.15) is 12.2 Å². The van der Waals surface area contributed by atoms with Crippen LogP contribution in [0.4, 0.5) is 11.5 Å². The van der Waals surface area contributed by atoms with Gasteiger partial charge in [-0.15, -0.1) is 0 Å². The van der Waals surface area contributed by atoms with Crippen molar-refractivity contribution in [1.82, 2.24) is 4.98 Å². The third kappa shape index (κ3) is 2.21. The van der Waals surface area contributed by atoms with E-state index >= 15 is 0 Å². The lowest BCUT2D eigenvalue weighted by Crippen LogP contribution is -2.27. The van der Waals surface area contributed by atoms with Crippen LogP contribution >= 0.6 is 0 Å². The van der Waals surface area contributed by atoms with Crippen molar-refractivity contribution in [1.29, 1.82) is 0 Å². The molecule has 1 aliphatic rings. The predicted octanol–water partition coefficient (Wildman–Crippen LogP) is 0.822. The number of aromatic nitrogens is 1. The first-order chi connectivity index (χ1) is 8.17. The Morgan fingerprint density at radius 1 is 1.29 bits per heavy atom. The highest BCUT2D eigenvalue weighted by Gasteiger charge is 2.34. The zero-order valence-corrected chi connectivity index (χ0v) is 10.5. The van der Waals surface area contributed by atoms with E-state index in [9.17, 15) is 0 Å². The maximum Gasteiger partial charge on any atom is 0.152 e. The van der Waals surface area contributed by atoms with E-state index in [0.29, 0.717) is 0 Å². The van der Waals surface area contributed by atoms with Crippen molar-refractivity contribution in [3.05, 3.63) is 17.8 Å². The monoisotopic (exact) mass is 237 g/mol. The first-order valence-corrected chi connectivity index (χ1v) is 5.69. The van der Waals surface area contributed by atoms with Gasteiger partial charge in [0.05, 0.1) is 5.69 Å². The second kappa shape index (κ2) is 4.89. The molecule has 2 rings (SSSR count). The lowest BCUT2D eigenvalue weighted by Gasteiger charge is -2.19. The lowest BCUT2D eigenvalue weighted by molar-refractivity contribution is -0.00461. The summed E-state index contributed by atoms with van der Waals surface area (Å²) in [4.78, 5) is 6.46. The van der Waals surface area contributed by atoms with Gasteiger partial charge in [-0.2, -0.15) is 0 Å². The molecule has 0 aliphatic carbocycles. The molecule has 17 heavy (non-hydrogen) atoms. The maximum atomic E-state index is 6.05. The Labute approximate surface area is 102 Å². The van der Waals surface area contributed by atoms with Gasteiger partial charge in [-0.3, -0.25) is 0 Å². The molecule has 1 saturated heterocycles. The van der Waals surface area contributed by atoms with Crippen molar-refractivity contribution in [2.75, 3.05) is 37.9 Å². The van der Waals surface area contributed by atoms with Crippen LogP contribution in [0.3, 0.4) is 0 Å². The zero-order valence-electron chi connectivity index (χ0n) is 10.5. The Morgan fingerprint density at radius 3 is 2.41 bits per heavy atom. The summed E-state index contributed by atoms with van der Waals surface area (Å²) in [5.41, 5.74) is 7.83. The first kappa shape index (κ1) is 12.1. The molecule has 2 N–H and O–H groups in total. The van der Waals surface area contributed by atoms with Crippen LogP contribution < -0.4 is 10.6 Å². The highest BCUT2D eigenvalue weighted by Crippen LogP contribution is 2.28. The predicted molar refractivity (Wildman–Crippen MR) is 67.2 cm³/mol. The second-order valence-corrected chi connectivity index (χ2v) is 4.32. The minimum Gasteiger partial charge on any atom is -0.396 e. The summed E-state index contributed by atoms with van der Waals surface area (Å²) in [5, 5.41) is 0. The number of nitrogens with zero attached hydrogens (tertiary/aromatic N) is 2. The van der Waals surface area contributed by atoms with Gasteiger partial charge < -0.3 is 20.1 Å². The van der Waals surface area contributed by atoms with E-state index in [1.807, 2.05) is 13.0 Å². The van der Waals surface area contributed by atoms with E-state index in [-0.39, 0.29) is 12.2 Å². The molecule has 0 radical (unpaired) electrons. The van der Waals surface area contributed by atoms with Crippen LogP contribution in [-0.2, 0) is 9.47 Å². The third-order valence-electron chi connectivity index (χ3n) is 3.31. The Balaban J connectivity index is 2.22. The Kier molecular flexibility index (Phi) is 3.49. The smallest absolute Gasteiger partial charge is 0.152 e. The fraction of sp³-hybridized carbons (Fsp3) is 0.583. The lowest BCUT2D eigenvalue weighted by atomic mass is 10.2. The average molecular weight is 237 g/mol. The summed E-state index contributed by atoms with van der Waals surface area (Å²) < 4.78 is 10.8. The van der Waals surface area contributed by atoms with Gasteiger partial charge in [-0.1, -0.05) is 0 Å². The van der Waals surface area contributed by atoms with Gasteiger partial charge in [0.25, 0.3) is 0 Å². The molecule has 0 amide bonds. The molecule has 1 aromatic rings. The highest BCUT2D eigenvalue weighted by molar-refractivity contribution is 5.66. The number of rotatable bonds is 3. The van der Waals surface area contributed by atoms with Crippen LogP contribution in [0.5, 0.6) is 0 Å². The summed E-state index contributed by atoms with van der Waals surface area (Å²) in [5.74, 6) is 0.826. The fourth-order valence-corrected chi connectivity index (χ4v) is 2.18. The molecule has 1 aliphatic heterocycles. The second-order valence-electron chi connectivity index (χ2n) is 4.32. The number of anilines is 2. The Hall–Kier alpha value is -1.33. The molecule has 1 aromatic heterocycles. The van der Waals surface area contributed by atoms with Crippen LogP contribution in [0.25, 0.3) is 0 Å². The number of pyridine rings is 1. The molecule has 94 valence electrons. The van der Waals surface area contributed by atoms with E-state index in [2.05, 4.69) is 9.88 Å². The van der Waals surface area contributed by atoms with Crippen molar-refractivity contribution in [3.8, 4) is 0 Å². The highest BCUT2D eigenvalue weighted by atomic mass is 16.5. The van der Waals surface area contributed by atoms with Crippen molar-refractivity contribution in [2.24, 2.45) is 0 Å². The van der Waals surface area contributed by atoms with Crippen molar-refractivity contribution in [3.63, 3.8) is 0 Å². The fourth-order valence-electron chi connectivity index (χ4n) is 2.18. The van der Waals surface area contributed by atoms with Crippen molar-refractivity contribution < 1.29 is 9.47 Å². The number of aryl methyl sites for hydroxylation is 1. The molecule has 2 heterocycles. The minimum atomic E-state index is 0.0710. The molecule has 2 unspecified atom stereocenters. The standard InChI is InChI=1S/C12H19N3O2/c1-8-4-5-14-12(11(8)13)15-6-9(16-2)10(7-15)17-3/h4-5,9-10H,6-7,13H2,1-3H3. The topological polar surface area (TPSA) is 60.6 Å². The summed E-state index contributed by atoms with van der Waals surface area (Å²) >= 11 is 0. The van der Waals surface area contributed by atoms with Crippen LogP contribution in [0, 0.1) is 6.92 Å². The first-order valence-electron chi connectivity index (χ1n) is 5.69. The molecular weight excluding hydrogens is 218 g/mol. The number of methoxy groups -OCH3 is 2. The molecule has 1 fully saturated rings. The van der Waals surface area contributed by atoms with E-state index in [0.717, 1.165) is 30.2 Å². The van der Waals surface area contributed by atoms with E-state index in [1.165, 1.54) is 0 Å². The van der Waals surface area contributed by atoms with E-state index in [1.54, 1.807) is 20.4 Å². The van der Waals surface area contributed by atoms with Crippen LogP contribution in [0.1, 0.15) is 5.56 Å². The van der Waals surface area contributed by atoms with Gasteiger partial charge >= 0.3 is 0 Å². The number of hydrogen-bond donors (Lipinski definition) is 1. The number of hydrogen-bond acceptors (Lipinski definition) is 5. The summed E-state index contributed by atoms with van der Waals surface area (Å²) in [6, 6.07) is 1.91. The maximum absolute atomic E-state index is 6.05. The minimum absolute atomic E-state index is 0.0710. The van der Waals surface area contributed by atoms with E-state index in [4.69, 9.17) is 15.2 Å². The van der Waals surface area contributed by atoms with Gasteiger partial charge in [0, 0.05) is 33.5 Å². The normalized spacial score (nSPS) is 24.3. The number of nitrogens with two attached hydrogens (primary N) is 1. The SMILES string of the molecule is COC1CN(c2nccc(C)c2N)CC1OC. The molecule has 0 spiro atoms. The van der Waals surface area contributed by atoms with E-state index < -0.39 is 0 Å². The molecule has 0 saturated carbocycles. The molecule has 0 bridgehead atoms. The summed E-state index contributed by atoms with van der Waals surface area (Å²) in [6.45, 7) is 3.50. The summed E-state index contributed by atoms with van der Waals surface area (Å²) in [7, 11) is 3.40. The number of ether oxygens (including phenoxy) is 2. The van der Waals surface area contributed by atoms with Crippen molar-refractivity contribution >= 4 is 11.5 Å². The zero-order chi connectivity index (χ0) is 12.4. The van der Waals surface area contributed by atoms with Crippen LogP contribution in [0.15, 0.2) is 12.3 Å². The molecule has 5 heteroatoms. The van der Waals surface area contributed by atoms with Gasteiger partial charge in [0.15, 0.2) is 5.82 Å². The molecule has 0 aromatic carbocycles. The molecular formula is C12H19N3O2. The van der Waals surface area contributed by atoms with Gasteiger partial charge in [-0.05, 0) is 18.6 Å². The Morgan fingerprint density at radius 2 is 1.88 bits per heavy atom. The van der Waals surface area contributed by atoms with Gasteiger partial charge in [0.2, 0.25) is 0 Å².